The third-order valence-corrected chi connectivity index (χ3v) is 4.16. The minimum Gasteiger partial charge on any atom is -0.396 e. The van der Waals surface area contributed by atoms with Crippen molar-refractivity contribution in [1.82, 2.24) is 9.69 Å². The maximum atomic E-state index is 12.0. The van der Waals surface area contributed by atoms with Crippen molar-refractivity contribution < 1.29 is 9.90 Å². The minimum atomic E-state index is -0.0105. The number of aliphatic hydroxyl groups is 1. The molecule has 1 aliphatic carbocycles. The highest BCUT2D eigenvalue weighted by atomic mass is 32.1. The average molecular weight is 254 g/mol. The number of aromatic nitrogens is 1. The van der Waals surface area contributed by atoms with Gasteiger partial charge in [0.15, 0.2) is 0 Å². The predicted octanol–water partition coefficient (Wildman–Crippen LogP) is 1.73. The van der Waals surface area contributed by atoms with Crippen LogP contribution in [0, 0.1) is 12.8 Å². The number of rotatable bonds is 3. The highest BCUT2D eigenvalue weighted by molar-refractivity contribution is 7.03. The van der Waals surface area contributed by atoms with Crippen LogP contribution in [0.1, 0.15) is 41.7 Å². The van der Waals surface area contributed by atoms with Crippen LogP contribution in [0.4, 0.5) is 0 Å². The van der Waals surface area contributed by atoms with Gasteiger partial charge in [-0.3, -0.25) is 4.79 Å². The van der Waals surface area contributed by atoms with Gasteiger partial charge >= 0.3 is 0 Å². The quantitative estimate of drug-likeness (QED) is 0.863. The Balaban J connectivity index is 1.86. The number of nitrogens with zero attached hydrogens (tertiary/aromatic N) is 1. The number of nitrogens with one attached hydrogen (secondary N) is 1. The molecule has 2 rings (SSSR count). The lowest BCUT2D eigenvalue weighted by atomic mass is 9.86. The van der Waals surface area contributed by atoms with Crippen LogP contribution in [0.15, 0.2) is 5.38 Å². The lowest BCUT2D eigenvalue weighted by Crippen LogP contribution is -2.38. The van der Waals surface area contributed by atoms with E-state index in [1.807, 2.05) is 6.92 Å². The number of hydrogen-bond donors (Lipinski definition) is 2. The topological polar surface area (TPSA) is 62.2 Å². The molecule has 2 N–H and O–H groups in total. The van der Waals surface area contributed by atoms with Gasteiger partial charge in [-0.25, -0.2) is 0 Å². The van der Waals surface area contributed by atoms with E-state index in [9.17, 15) is 4.79 Å². The summed E-state index contributed by atoms with van der Waals surface area (Å²) in [6.45, 7) is 2.13. The summed E-state index contributed by atoms with van der Waals surface area (Å²) in [5.74, 6) is 0.413. The molecule has 0 radical (unpaired) electrons. The van der Waals surface area contributed by atoms with Gasteiger partial charge in [-0.1, -0.05) is 0 Å². The van der Waals surface area contributed by atoms with Gasteiger partial charge in [-0.15, -0.1) is 0 Å². The van der Waals surface area contributed by atoms with E-state index in [0.29, 0.717) is 11.5 Å². The maximum Gasteiger partial charge on any atom is 0.254 e. The summed E-state index contributed by atoms with van der Waals surface area (Å²) >= 11 is 1.32. The summed E-state index contributed by atoms with van der Waals surface area (Å²) in [7, 11) is 0. The van der Waals surface area contributed by atoms with Crippen molar-refractivity contribution in [2.45, 2.75) is 38.6 Å². The maximum absolute atomic E-state index is 12.0. The first-order chi connectivity index (χ1) is 8.20. The Morgan fingerprint density at radius 2 is 2.24 bits per heavy atom. The summed E-state index contributed by atoms with van der Waals surface area (Å²) < 4.78 is 4.10. The third kappa shape index (κ3) is 3.04. The Labute approximate surface area is 105 Å². The van der Waals surface area contributed by atoms with E-state index < -0.39 is 0 Å². The zero-order valence-electron chi connectivity index (χ0n) is 9.98. The van der Waals surface area contributed by atoms with Crippen molar-refractivity contribution in [2.75, 3.05) is 6.61 Å². The molecule has 4 nitrogen and oxygen atoms in total. The van der Waals surface area contributed by atoms with Gasteiger partial charge in [0.2, 0.25) is 0 Å². The largest absolute Gasteiger partial charge is 0.396 e. The molecule has 0 atom stereocenters. The van der Waals surface area contributed by atoms with Gasteiger partial charge in [-0.05, 0) is 50.1 Å². The van der Waals surface area contributed by atoms with Gasteiger partial charge in [-0.2, -0.15) is 4.37 Å². The molecular formula is C12H18N2O2S. The summed E-state index contributed by atoms with van der Waals surface area (Å²) in [4.78, 5) is 12.0. The second-order valence-corrected chi connectivity index (χ2v) is 5.32. The van der Waals surface area contributed by atoms with Gasteiger partial charge in [0.1, 0.15) is 0 Å². The molecule has 1 fully saturated rings. The van der Waals surface area contributed by atoms with Gasteiger partial charge in [0.05, 0.1) is 11.3 Å². The van der Waals surface area contributed by atoms with E-state index in [4.69, 9.17) is 5.11 Å². The molecule has 1 aromatic rings. The van der Waals surface area contributed by atoms with E-state index >= 15 is 0 Å². The van der Waals surface area contributed by atoms with Crippen molar-refractivity contribution in [2.24, 2.45) is 5.92 Å². The van der Waals surface area contributed by atoms with E-state index in [1.54, 1.807) is 5.38 Å². The smallest absolute Gasteiger partial charge is 0.254 e. The molecule has 1 aliphatic rings. The SMILES string of the molecule is Cc1nscc1C(=O)NC1CCC(CO)CC1. The van der Waals surface area contributed by atoms with Crippen molar-refractivity contribution in [1.29, 1.82) is 0 Å². The summed E-state index contributed by atoms with van der Waals surface area (Å²) in [5.41, 5.74) is 1.50. The lowest BCUT2D eigenvalue weighted by Gasteiger charge is -2.27. The van der Waals surface area contributed by atoms with Crippen LogP contribution in [0.3, 0.4) is 0 Å². The van der Waals surface area contributed by atoms with Crippen molar-refractivity contribution in [3.05, 3.63) is 16.6 Å². The van der Waals surface area contributed by atoms with E-state index in [2.05, 4.69) is 9.69 Å². The van der Waals surface area contributed by atoms with E-state index in [1.165, 1.54) is 11.5 Å². The normalized spacial score (nSPS) is 24.6. The number of amides is 1. The Morgan fingerprint density at radius 3 is 2.76 bits per heavy atom. The molecule has 5 heteroatoms. The van der Waals surface area contributed by atoms with Crippen LogP contribution < -0.4 is 5.32 Å². The van der Waals surface area contributed by atoms with Crippen LogP contribution in [0.5, 0.6) is 0 Å². The second kappa shape index (κ2) is 5.60. The fraction of sp³-hybridized carbons (Fsp3) is 0.667. The summed E-state index contributed by atoms with van der Waals surface area (Å²) in [5, 5.41) is 13.9. The number of aryl methyl sites for hydroxylation is 1. The molecule has 0 bridgehead atoms. The van der Waals surface area contributed by atoms with E-state index in [0.717, 1.165) is 31.4 Å². The fourth-order valence-electron chi connectivity index (χ4n) is 2.26. The van der Waals surface area contributed by atoms with Crippen LogP contribution in [-0.4, -0.2) is 28.0 Å². The molecule has 1 heterocycles. The molecule has 1 saturated carbocycles. The molecule has 0 aromatic carbocycles. The third-order valence-electron chi connectivity index (χ3n) is 3.43. The average Bonchev–Trinajstić information content (AvgIpc) is 2.76. The molecule has 1 amide bonds. The van der Waals surface area contributed by atoms with E-state index in [-0.39, 0.29) is 18.6 Å². The van der Waals surface area contributed by atoms with Gasteiger partial charge < -0.3 is 10.4 Å². The fourth-order valence-corrected chi connectivity index (χ4v) is 2.96. The highest BCUT2D eigenvalue weighted by Crippen LogP contribution is 2.24. The summed E-state index contributed by atoms with van der Waals surface area (Å²) in [6.07, 6.45) is 3.94. The Bertz CT molecular complexity index is 384. The molecule has 0 unspecified atom stereocenters. The van der Waals surface area contributed by atoms with Crippen molar-refractivity contribution in [3.8, 4) is 0 Å². The molecule has 1 aromatic heterocycles. The van der Waals surface area contributed by atoms with Crippen LogP contribution in [0.2, 0.25) is 0 Å². The number of carbonyl (C=O) groups is 1. The second-order valence-electron chi connectivity index (χ2n) is 4.69. The van der Waals surface area contributed by atoms with Crippen LogP contribution >= 0.6 is 11.5 Å². The first-order valence-corrected chi connectivity index (χ1v) is 6.87. The first kappa shape index (κ1) is 12.5. The van der Waals surface area contributed by atoms with Crippen LogP contribution in [-0.2, 0) is 0 Å². The summed E-state index contributed by atoms with van der Waals surface area (Å²) in [6, 6.07) is 0.254. The number of aliphatic hydroxyl groups excluding tert-OH is 1. The molecule has 94 valence electrons. The molecule has 0 saturated heterocycles. The van der Waals surface area contributed by atoms with Gasteiger partial charge in [0.25, 0.3) is 5.91 Å². The molecule has 17 heavy (non-hydrogen) atoms. The van der Waals surface area contributed by atoms with Crippen molar-refractivity contribution in [3.63, 3.8) is 0 Å². The standard InChI is InChI=1S/C12H18N2O2S/c1-8-11(7-17-14-8)12(16)13-10-4-2-9(6-15)3-5-10/h7,9-10,15H,2-6H2,1H3,(H,13,16). The number of hydrogen-bond acceptors (Lipinski definition) is 4. The zero-order valence-corrected chi connectivity index (χ0v) is 10.8. The Hall–Kier alpha value is -0.940. The highest BCUT2D eigenvalue weighted by Gasteiger charge is 2.23. The van der Waals surface area contributed by atoms with Crippen molar-refractivity contribution >= 4 is 17.4 Å². The lowest BCUT2D eigenvalue weighted by molar-refractivity contribution is 0.0913. The zero-order chi connectivity index (χ0) is 12.3. The number of carbonyl (C=O) groups excluding carboxylic acids is 1. The Kier molecular flexibility index (Phi) is 4.12. The predicted molar refractivity (Wildman–Crippen MR) is 67.1 cm³/mol. The monoisotopic (exact) mass is 254 g/mol. The van der Waals surface area contributed by atoms with Gasteiger partial charge in [0, 0.05) is 18.0 Å². The molecular weight excluding hydrogens is 236 g/mol. The first-order valence-electron chi connectivity index (χ1n) is 6.03. The molecule has 0 aliphatic heterocycles. The minimum absolute atomic E-state index is 0.0105. The molecule has 0 spiro atoms. The Morgan fingerprint density at radius 1 is 1.53 bits per heavy atom. The van der Waals surface area contributed by atoms with Crippen LogP contribution in [0.25, 0.3) is 0 Å².